The maximum absolute atomic E-state index is 12.0. The number of rotatable bonds is 9. The summed E-state index contributed by atoms with van der Waals surface area (Å²) < 4.78 is 10.4. The molecule has 3 unspecified atom stereocenters. The summed E-state index contributed by atoms with van der Waals surface area (Å²) in [5.74, 6) is 0.564. The molecule has 0 aliphatic rings. The van der Waals surface area contributed by atoms with Gasteiger partial charge in [0.2, 0.25) is 0 Å². The van der Waals surface area contributed by atoms with E-state index in [4.69, 9.17) is 9.47 Å². The summed E-state index contributed by atoms with van der Waals surface area (Å²) in [4.78, 5) is 12.0. The van der Waals surface area contributed by atoms with Crippen LogP contribution in [0, 0.1) is 0 Å². The van der Waals surface area contributed by atoms with Crippen molar-refractivity contribution in [2.24, 2.45) is 0 Å². The van der Waals surface area contributed by atoms with Gasteiger partial charge in [-0.15, -0.1) is 0 Å². The van der Waals surface area contributed by atoms with Crippen LogP contribution in [0.4, 0.5) is 0 Å². The zero-order chi connectivity index (χ0) is 18.2. The Bertz CT molecular complexity index is 655. The Morgan fingerprint density at radius 2 is 1.56 bits per heavy atom. The first kappa shape index (κ1) is 18.9. The molecule has 0 aliphatic heterocycles. The smallest absolute Gasteiger partial charge is 0.168 e. The number of aliphatic hydroxyl groups excluding tert-OH is 3. The molecule has 2 aromatic carbocycles. The van der Waals surface area contributed by atoms with Crippen LogP contribution in [-0.2, 0) is 11.2 Å². The van der Waals surface area contributed by atoms with Gasteiger partial charge in [-0.25, -0.2) is 0 Å². The van der Waals surface area contributed by atoms with E-state index >= 15 is 0 Å². The molecule has 0 radical (unpaired) electrons. The molecule has 6 heteroatoms. The molecule has 134 valence electrons. The number of carbonyl (C=O) groups excluding carboxylic acids is 1. The Kier molecular flexibility index (Phi) is 6.94. The van der Waals surface area contributed by atoms with Crippen LogP contribution < -0.4 is 9.47 Å². The average molecular weight is 346 g/mol. The maximum Gasteiger partial charge on any atom is 0.168 e. The fraction of sp³-hybridized carbons (Fsp3) is 0.316. The number of hydrogen-bond donors (Lipinski definition) is 3. The van der Waals surface area contributed by atoms with E-state index < -0.39 is 24.1 Å². The highest BCUT2D eigenvalue weighted by atomic mass is 16.5. The molecule has 0 aromatic heterocycles. The second-order valence-electron chi connectivity index (χ2n) is 5.62. The van der Waals surface area contributed by atoms with E-state index in [2.05, 4.69) is 0 Å². The Labute approximate surface area is 146 Å². The number of hydrogen-bond acceptors (Lipinski definition) is 6. The van der Waals surface area contributed by atoms with Crippen LogP contribution in [0.15, 0.2) is 54.6 Å². The Balaban J connectivity index is 1.84. The highest BCUT2D eigenvalue weighted by molar-refractivity contribution is 5.85. The first-order chi connectivity index (χ1) is 12.0. The molecule has 0 saturated heterocycles. The van der Waals surface area contributed by atoms with Crippen LogP contribution in [0.5, 0.6) is 11.5 Å². The largest absolute Gasteiger partial charge is 0.497 e. The zero-order valence-electron chi connectivity index (χ0n) is 13.9. The summed E-state index contributed by atoms with van der Waals surface area (Å²) in [7, 11) is 1.55. The minimum absolute atomic E-state index is 0.0227. The lowest BCUT2D eigenvalue weighted by Crippen LogP contribution is -2.45. The van der Waals surface area contributed by atoms with Crippen molar-refractivity contribution in [3.05, 3.63) is 60.2 Å². The number of aliphatic hydroxyl groups is 3. The van der Waals surface area contributed by atoms with E-state index in [1.54, 1.807) is 55.6 Å². The number of methoxy groups -OCH3 is 1. The van der Waals surface area contributed by atoms with Crippen molar-refractivity contribution in [1.82, 2.24) is 0 Å². The van der Waals surface area contributed by atoms with Crippen molar-refractivity contribution in [2.75, 3.05) is 13.7 Å². The van der Waals surface area contributed by atoms with Crippen LogP contribution in [0.3, 0.4) is 0 Å². The standard InChI is InChI=1S/C19H22O6/c1-24-14-7-9-15(10-8-14)25-12-17(21)19(23)18(22)16(20)11-13-5-3-2-4-6-13/h2-10,17-19,21-23H,11-12H2,1H3. The van der Waals surface area contributed by atoms with Crippen molar-refractivity contribution in [1.29, 1.82) is 0 Å². The summed E-state index contributed by atoms with van der Waals surface area (Å²) in [5, 5.41) is 29.9. The van der Waals surface area contributed by atoms with Crippen molar-refractivity contribution >= 4 is 5.78 Å². The van der Waals surface area contributed by atoms with E-state index in [-0.39, 0.29) is 13.0 Å². The molecule has 2 aromatic rings. The normalized spacial score (nSPS) is 14.4. The van der Waals surface area contributed by atoms with E-state index in [9.17, 15) is 20.1 Å². The van der Waals surface area contributed by atoms with Gasteiger partial charge in [0.25, 0.3) is 0 Å². The Hall–Kier alpha value is -2.41. The molecular formula is C19H22O6. The van der Waals surface area contributed by atoms with Crippen molar-refractivity contribution in [3.63, 3.8) is 0 Å². The highest BCUT2D eigenvalue weighted by Crippen LogP contribution is 2.17. The first-order valence-corrected chi connectivity index (χ1v) is 7.89. The van der Waals surface area contributed by atoms with Gasteiger partial charge in [0.1, 0.15) is 36.4 Å². The third-order valence-electron chi connectivity index (χ3n) is 3.75. The molecule has 0 bridgehead atoms. The predicted octanol–water partition coefficient (Wildman–Crippen LogP) is 0.968. The number of carbonyl (C=O) groups is 1. The third kappa shape index (κ3) is 5.56. The van der Waals surface area contributed by atoms with Crippen molar-refractivity contribution in [3.8, 4) is 11.5 Å². The molecule has 0 fully saturated rings. The molecule has 0 saturated carbocycles. The maximum atomic E-state index is 12.0. The minimum atomic E-state index is -1.69. The molecule has 2 rings (SSSR count). The van der Waals surface area contributed by atoms with E-state index in [0.29, 0.717) is 11.5 Å². The van der Waals surface area contributed by atoms with Gasteiger partial charge in [-0.05, 0) is 29.8 Å². The number of ether oxygens (including phenoxy) is 2. The predicted molar refractivity (Wildman–Crippen MR) is 91.7 cm³/mol. The van der Waals surface area contributed by atoms with Crippen molar-refractivity contribution in [2.45, 2.75) is 24.7 Å². The number of benzene rings is 2. The summed E-state index contributed by atoms with van der Waals surface area (Å²) in [6.45, 7) is -0.261. The van der Waals surface area contributed by atoms with Gasteiger partial charge in [0.05, 0.1) is 7.11 Å². The van der Waals surface area contributed by atoms with Gasteiger partial charge in [-0.1, -0.05) is 30.3 Å². The quantitative estimate of drug-likeness (QED) is 0.626. The summed E-state index contributed by atoms with van der Waals surface area (Å²) >= 11 is 0. The summed E-state index contributed by atoms with van der Waals surface area (Å²) in [5.41, 5.74) is 0.725. The topological polar surface area (TPSA) is 96.2 Å². The highest BCUT2D eigenvalue weighted by Gasteiger charge is 2.30. The number of ketones is 1. The number of Topliss-reactive ketones (excluding diaryl/α,β-unsaturated/α-hetero) is 1. The molecular weight excluding hydrogens is 324 g/mol. The SMILES string of the molecule is COc1ccc(OCC(O)C(O)C(O)C(=O)Cc2ccccc2)cc1. The van der Waals surface area contributed by atoms with Gasteiger partial charge >= 0.3 is 0 Å². The Morgan fingerprint density at radius 3 is 2.16 bits per heavy atom. The van der Waals surface area contributed by atoms with Crippen LogP contribution in [-0.4, -0.2) is 53.1 Å². The Morgan fingerprint density at radius 1 is 0.960 bits per heavy atom. The summed E-state index contributed by atoms with van der Waals surface area (Å²) in [6, 6.07) is 15.6. The van der Waals surface area contributed by atoms with E-state index in [0.717, 1.165) is 5.56 Å². The molecule has 3 atom stereocenters. The van der Waals surface area contributed by atoms with Gasteiger partial charge in [0, 0.05) is 6.42 Å². The third-order valence-corrected chi connectivity index (χ3v) is 3.75. The summed E-state index contributed by atoms with van der Waals surface area (Å²) in [6.07, 6.45) is -4.74. The van der Waals surface area contributed by atoms with Gasteiger partial charge in [-0.2, -0.15) is 0 Å². The van der Waals surface area contributed by atoms with Crippen LogP contribution in [0.2, 0.25) is 0 Å². The first-order valence-electron chi connectivity index (χ1n) is 7.89. The molecule has 0 amide bonds. The van der Waals surface area contributed by atoms with Crippen LogP contribution in [0.25, 0.3) is 0 Å². The molecule has 0 spiro atoms. The fourth-order valence-electron chi connectivity index (χ4n) is 2.25. The average Bonchev–Trinajstić information content (AvgIpc) is 2.66. The van der Waals surface area contributed by atoms with Crippen LogP contribution >= 0.6 is 0 Å². The minimum Gasteiger partial charge on any atom is -0.497 e. The van der Waals surface area contributed by atoms with E-state index in [1.165, 1.54) is 0 Å². The monoisotopic (exact) mass is 346 g/mol. The van der Waals surface area contributed by atoms with Gasteiger partial charge < -0.3 is 24.8 Å². The van der Waals surface area contributed by atoms with Gasteiger partial charge in [0.15, 0.2) is 5.78 Å². The fourth-order valence-corrected chi connectivity index (χ4v) is 2.25. The lowest BCUT2D eigenvalue weighted by molar-refractivity contribution is -0.139. The second-order valence-corrected chi connectivity index (χ2v) is 5.62. The molecule has 0 aliphatic carbocycles. The second kappa shape index (κ2) is 9.17. The lowest BCUT2D eigenvalue weighted by atomic mass is 9.99. The lowest BCUT2D eigenvalue weighted by Gasteiger charge is -2.22. The zero-order valence-corrected chi connectivity index (χ0v) is 13.9. The molecule has 3 N–H and O–H groups in total. The van der Waals surface area contributed by atoms with Crippen molar-refractivity contribution < 1.29 is 29.6 Å². The van der Waals surface area contributed by atoms with Crippen LogP contribution in [0.1, 0.15) is 5.56 Å². The molecule has 6 nitrogen and oxygen atoms in total. The van der Waals surface area contributed by atoms with E-state index in [1.807, 2.05) is 6.07 Å². The molecule has 25 heavy (non-hydrogen) atoms. The molecule has 0 heterocycles. The van der Waals surface area contributed by atoms with Gasteiger partial charge in [-0.3, -0.25) is 4.79 Å².